The fraction of sp³-hybridized carbons (Fsp3) is 0.462. The highest BCUT2D eigenvalue weighted by Crippen LogP contribution is 2.24. The molecule has 1 aromatic rings. The number of benzene rings is 1. The van der Waals surface area contributed by atoms with Crippen LogP contribution in [0.3, 0.4) is 0 Å². The highest BCUT2D eigenvalue weighted by Gasteiger charge is 2.24. The molecule has 4 nitrogen and oxygen atoms in total. The molecule has 0 aliphatic carbocycles. The van der Waals surface area contributed by atoms with Crippen molar-refractivity contribution in [3.05, 3.63) is 24.3 Å². The standard InChI is InChI=1S/C13H18O4S/c1-4-10(2)11(14)9-18(15,16)13-8-6-5-7-12(13)17-3/h5-8,10H,4,9H2,1-3H3. The molecule has 0 spiro atoms. The van der Waals surface area contributed by atoms with Gasteiger partial charge in [-0.3, -0.25) is 4.79 Å². The molecular formula is C13H18O4S. The van der Waals surface area contributed by atoms with Gasteiger partial charge in [0, 0.05) is 5.92 Å². The van der Waals surface area contributed by atoms with Crippen molar-refractivity contribution in [2.75, 3.05) is 12.9 Å². The van der Waals surface area contributed by atoms with Gasteiger partial charge in [-0.1, -0.05) is 26.0 Å². The minimum absolute atomic E-state index is 0.0733. The van der Waals surface area contributed by atoms with Crippen LogP contribution in [0.1, 0.15) is 20.3 Å². The van der Waals surface area contributed by atoms with Crippen LogP contribution in [0.5, 0.6) is 5.75 Å². The van der Waals surface area contributed by atoms with E-state index in [1.54, 1.807) is 25.1 Å². The maximum Gasteiger partial charge on any atom is 0.189 e. The van der Waals surface area contributed by atoms with Crippen LogP contribution in [-0.2, 0) is 14.6 Å². The predicted octanol–water partition coefficient (Wildman–Crippen LogP) is 2.08. The number of ketones is 1. The molecule has 5 heteroatoms. The van der Waals surface area contributed by atoms with E-state index in [0.717, 1.165) is 0 Å². The number of rotatable bonds is 6. The summed E-state index contributed by atoms with van der Waals surface area (Å²) in [5.41, 5.74) is 0. The first kappa shape index (κ1) is 14.7. The van der Waals surface area contributed by atoms with Gasteiger partial charge in [0.15, 0.2) is 15.6 Å². The van der Waals surface area contributed by atoms with E-state index in [1.165, 1.54) is 13.2 Å². The lowest BCUT2D eigenvalue weighted by Gasteiger charge is -2.11. The van der Waals surface area contributed by atoms with Gasteiger partial charge < -0.3 is 4.74 Å². The number of carbonyl (C=O) groups is 1. The first-order valence-corrected chi connectivity index (χ1v) is 7.46. The maximum atomic E-state index is 12.1. The van der Waals surface area contributed by atoms with E-state index < -0.39 is 15.6 Å². The van der Waals surface area contributed by atoms with Crippen molar-refractivity contribution in [1.82, 2.24) is 0 Å². The SMILES string of the molecule is CCC(C)C(=O)CS(=O)(=O)c1ccccc1OC. The zero-order chi connectivity index (χ0) is 13.8. The molecule has 0 heterocycles. The molecule has 0 aliphatic rings. The van der Waals surface area contributed by atoms with E-state index in [0.29, 0.717) is 6.42 Å². The summed E-state index contributed by atoms with van der Waals surface area (Å²) in [6.07, 6.45) is 0.639. The van der Waals surface area contributed by atoms with E-state index in [9.17, 15) is 13.2 Å². The van der Waals surface area contributed by atoms with Gasteiger partial charge in [-0.25, -0.2) is 8.42 Å². The van der Waals surface area contributed by atoms with Gasteiger partial charge in [0.1, 0.15) is 16.4 Å². The van der Waals surface area contributed by atoms with Crippen molar-refractivity contribution in [2.45, 2.75) is 25.2 Å². The molecule has 0 radical (unpaired) electrons. The summed E-state index contributed by atoms with van der Waals surface area (Å²) in [7, 11) is -2.22. The highest BCUT2D eigenvalue weighted by molar-refractivity contribution is 7.92. The molecule has 0 saturated heterocycles. The Bertz CT molecular complexity index is 520. The van der Waals surface area contributed by atoms with Gasteiger partial charge in [0.2, 0.25) is 0 Å². The number of para-hydroxylation sites is 1. The van der Waals surface area contributed by atoms with E-state index in [-0.39, 0.29) is 22.3 Å². The molecule has 18 heavy (non-hydrogen) atoms. The molecule has 1 unspecified atom stereocenters. The zero-order valence-electron chi connectivity index (χ0n) is 10.8. The van der Waals surface area contributed by atoms with E-state index in [4.69, 9.17) is 4.74 Å². The molecule has 0 amide bonds. The predicted molar refractivity (Wildman–Crippen MR) is 69.5 cm³/mol. The van der Waals surface area contributed by atoms with Crippen molar-refractivity contribution in [1.29, 1.82) is 0 Å². The largest absolute Gasteiger partial charge is 0.495 e. The number of methoxy groups -OCH3 is 1. The molecular weight excluding hydrogens is 252 g/mol. The van der Waals surface area contributed by atoms with E-state index in [2.05, 4.69) is 0 Å². The maximum absolute atomic E-state index is 12.1. The average Bonchev–Trinajstić information content (AvgIpc) is 2.37. The van der Waals surface area contributed by atoms with Crippen molar-refractivity contribution >= 4 is 15.6 Å². The Hall–Kier alpha value is -1.36. The fourth-order valence-electron chi connectivity index (χ4n) is 1.51. The van der Waals surface area contributed by atoms with Crippen LogP contribution < -0.4 is 4.74 Å². The number of sulfone groups is 1. The first-order valence-electron chi connectivity index (χ1n) is 5.80. The van der Waals surface area contributed by atoms with Crippen molar-refractivity contribution in [2.24, 2.45) is 5.92 Å². The molecule has 100 valence electrons. The number of ether oxygens (including phenoxy) is 1. The highest BCUT2D eigenvalue weighted by atomic mass is 32.2. The third-order valence-corrected chi connectivity index (χ3v) is 4.57. The van der Waals surface area contributed by atoms with Crippen LogP contribution in [0.15, 0.2) is 29.2 Å². The number of Topliss-reactive ketones (excluding diaryl/α,β-unsaturated/α-hetero) is 1. The summed E-state index contributed by atoms with van der Waals surface area (Å²) < 4.78 is 29.3. The minimum atomic E-state index is -3.63. The number of carbonyl (C=O) groups excluding carboxylic acids is 1. The Morgan fingerprint density at radius 3 is 2.50 bits per heavy atom. The van der Waals surface area contributed by atoms with Crippen LogP contribution in [0.25, 0.3) is 0 Å². The molecule has 0 saturated carbocycles. The molecule has 0 aromatic heterocycles. The minimum Gasteiger partial charge on any atom is -0.495 e. The Morgan fingerprint density at radius 2 is 1.94 bits per heavy atom. The van der Waals surface area contributed by atoms with Gasteiger partial charge in [0.25, 0.3) is 0 Å². The monoisotopic (exact) mass is 270 g/mol. The van der Waals surface area contributed by atoms with Crippen LogP contribution in [-0.4, -0.2) is 27.1 Å². The lowest BCUT2D eigenvalue weighted by atomic mass is 10.1. The summed E-state index contributed by atoms with van der Waals surface area (Å²) in [6, 6.07) is 6.33. The Kier molecular flexibility index (Phi) is 4.90. The number of hydrogen-bond donors (Lipinski definition) is 0. The van der Waals surface area contributed by atoms with Gasteiger partial charge in [-0.2, -0.15) is 0 Å². The second-order valence-corrected chi connectivity index (χ2v) is 6.14. The van der Waals surface area contributed by atoms with Gasteiger partial charge in [-0.05, 0) is 18.6 Å². The average molecular weight is 270 g/mol. The van der Waals surface area contributed by atoms with Crippen molar-refractivity contribution < 1.29 is 17.9 Å². The Balaban J connectivity index is 3.04. The summed E-state index contributed by atoms with van der Waals surface area (Å²) in [6.45, 7) is 3.60. The third-order valence-electron chi connectivity index (χ3n) is 2.90. The van der Waals surface area contributed by atoms with Gasteiger partial charge in [0.05, 0.1) is 7.11 Å². The molecule has 1 aromatic carbocycles. The Morgan fingerprint density at radius 1 is 1.33 bits per heavy atom. The number of hydrogen-bond acceptors (Lipinski definition) is 4. The molecule has 1 atom stereocenters. The van der Waals surface area contributed by atoms with Gasteiger partial charge in [-0.15, -0.1) is 0 Å². The summed E-state index contributed by atoms with van der Waals surface area (Å²) >= 11 is 0. The molecule has 0 N–H and O–H groups in total. The summed E-state index contributed by atoms with van der Waals surface area (Å²) in [4.78, 5) is 11.8. The van der Waals surface area contributed by atoms with Crippen molar-refractivity contribution in [3.8, 4) is 5.75 Å². The van der Waals surface area contributed by atoms with Gasteiger partial charge >= 0.3 is 0 Å². The topological polar surface area (TPSA) is 60.4 Å². The summed E-state index contributed by atoms with van der Waals surface area (Å²) in [5.74, 6) is -0.699. The second-order valence-electron chi connectivity index (χ2n) is 4.19. The smallest absolute Gasteiger partial charge is 0.189 e. The first-order chi connectivity index (χ1) is 8.42. The van der Waals surface area contributed by atoms with Crippen LogP contribution in [0.4, 0.5) is 0 Å². The van der Waals surface area contributed by atoms with E-state index in [1.807, 2.05) is 6.92 Å². The molecule has 0 fully saturated rings. The quantitative estimate of drug-likeness (QED) is 0.794. The van der Waals surface area contributed by atoms with Crippen LogP contribution in [0, 0.1) is 5.92 Å². The Labute approximate surface area is 108 Å². The fourth-order valence-corrected chi connectivity index (χ4v) is 3.07. The van der Waals surface area contributed by atoms with E-state index >= 15 is 0 Å². The molecule has 0 bridgehead atoms. The van der Waals surface area contributed by atoms with Crippen LogP contribution in [0.2, 0.25) is 0 Å². The third kappa shape index (κ3) is 3.32. The summed E-state index contributed by atoms with van der Waals surface area (Å²) in [5, 5.41) is 0. The normalized spacial score (nSPS) is 13.1. The lowest BCUT2D eigenvalue weighted by Crippen LogP contribution is -2.22. The van der Waals surface area contributed by atoms with Crippen molar-refractivity contribution in [3.63, 3.8) is 0 Å². The second kappa shape index (κ2) is 6.00. The van der Waals surface area contributed by atoms with Crippen LogP contribution >= 0.6 is 0 Å². The lowest BCUT2D eigenvalue weighted by molar-refractivity contribution is -0.119. The molecule has 1 rings (SSSR count). The molecule has 0 aliphatic heterocycles. The zero-order valence-corrected chi connectivity index (χ0v) is 11.7.